The Hall–Kier alpha value is -1.97. The van der Waals surface area contributed by atoms with Crippen molar-refractivity contribution < 1.29 is 19.5 Å². The summed E-state index contributed by atoms with van der Waals surface area (Å²) in [7, 11) is 0. The lowest BCUT2D eigenvalue weighted by atomic mass is 9.76. The average molecular weight is 288 g/mol. The lowest BCUT2D eigenvalue weighted by molar-refractivity contribution is -0.148. The van der Waals surface area contributed by atoms with Gasteiger partial charge < -0.3 is 5.11 Å². The van der Waals surface area contributed by atoms with Gasteiger partial charge in [-0.25, -0.2) is 0 Å². The zero-order valence-corrected chi connectivity index (χ0v) is 12.2. The minimum absolute atomic E-state index is 0.197. The summed E-state index contributed by atoms with van der Waals surface area (Å²) in [6.45, 7) is 1.93. The summed E-state index contributed by atoms with van der Waals surface area (Å²) in [5.74, 6) is -2.51. The molecule has 112 valence electrons. The quantitative estimate of drug-likeness (QED) is 0.667. The smallest absolute Gasteiger partial charge is 0.307 e. The summed E-state index contributed by atoms with van der Waals surface area (Å²) in [4.78, 5) is 35.6. The van der Waals surface area contributed by atoms with Gasteiger partial charge in [-0.3, -0.25) is 14.4 Å². The van der Waals surface area contributed by atoms with Crippen molar-refractivity contribution in [3.63, 3.8) is 0 Å². The van der Waals surface area contributed by atoms with Crippen LogP contribution in [0.2, 0.25) is 0 Å². The normalized spacial score (nSPS) is 21.8. The van der Waals surface area contributed by atoms with Gasteiger partial charge in [-0.15, -0.1) is 0 Å². The topological polar surface area (TPSA) is 71.4 Å². The van der Waals surface area contributed by atoms with Crippen LogP contribution >= 0.6 is 0 Å². The van der Waals surface area contributed by atoms with Gasteiger partial charge in [0.15, 0.2) is 5.78 Å². The van der Waals surface area contributed by atoms with Crippen LogP contribution in [-0.4, -0.2) is 22.6 Å². The van der Waals surface area contributed by atoms with Crippen LogP contribution in [-0.2, 0) is 9.59 Å². The van der Waals surface area contributed by atoms with Crippen LogP contribution in [0.4, 0.5) is 0 Å². The highest BCUT2D eigenvalue weighted by atomic mass is 16.4. The summed E-state index contributed by atoms with van der Waals surface area (Å²) in [5.41, 5.74) is 1.56. The zero-order chi connectivity index (χ0) is 15.4. The predicted molar refractivity (Wildman–Crippen MR) is 78.2 cm³/mol. The Morgan fingerprint density at radius 3 is 2.19 bits per heavy atom. The molecule has 4 nitrogen and oxygen atoms in total. The molecule has 0 aromatic heterocycles. The number of hydrogen-bond donors (Lipinski definition) is 1. The third-order valence-electron chi connectivity index (χ3n) is 4.21. The SMILES string of the molecule is Cc1ccc(C(=O)CC(=O)[C@@H]2CCCC[C@@H]2C(=O)O)cc1. The van der Waals surface area contributed by atoms with Crippen LogP contribution in [0.25, 0.3) is 0 Å². The summed E-state index contributed by atoms with van der Waals surface area (Å²) in [5, 5.41) is 9.20. The van der Waals surface area contributed by atoms with Crippen LogP contribution in [0.15, 0.2) is 24.3 Å². The summed E-state index contributed by atoms with van der Waals surface area (Å²) < 4.78 is 0. The highest BCUT2D eigenvalue weighted by Crippen LogP contribution is 2.32. The molecule has 1 aliphatic rings. The second kappa shape index (κ2) is 6.66. The fourth-order valence-electron chi connectivity index (χ4n) is 2.94. The minimum atomic E-state index is -0.921. The first-order chi connectivity index (χ1) is 9.99. The highest BCUT2D eigenvalue weighted by molar-refractivity contribution is 6.09. The molecule has 21 heavy (non-hydrogen) atoms. The summed E-state index contributed by atoms with van der Waals surface area (Å²) in [6, 6.07) is 7.08. The van der Waals surface area contributed by atoms with Crippen LogP contribution in [0.3, 0.4) is 0 Å². The second-order valence-corrected chi connectivity index (χ2v) is 5.77. The largest absolute Gasteiger partial charge is 0.481 e. The molecule has 1 aliphatic carbocycles. The molecule has 0 radical (unpaired) electrons. The van der Waals surface area contributed by atoms with Gasteiger partial charge in [0.25, 0.3) is 0 Å². The summed E-state index contributed by atoms with van der Waals surface area (Å²) in [6.07, 6.45) is 2.62. The molecule has 2 rings (SSSR count). The molecule has 0 spiro atoms. The van der Waals surface area contributed by atoms with Gasteiger partial charge in [-0.05, 0) is 19.8 Å². The Morgan fingerprint density at radius 1 is 1.05 bits per heavy atom. The number of aliphatic carboxylic acids is 1. The molecule has 0 saturated heterocycles. The Kier molecular flexibility index (Phi) is 4.89. The van der Waals surface area contributed by atoms with Gasteiger partial charge in [0.05, 0.1) is 12.3 Å². The van der Waals surface area contributed by atoms with Crippen molar-refractivity contribution in [2.45, 2.75) is 39.0 Å². The van der Waals surface area contributed by atoms with Crippen molar-refractivity contribution in [2.24, 2.45) is 11.8 Å². The fraction of sp³-hybridized carbons (Fsp3) is 0.471. The Balaban J connectivity index is 2.04. The van der Waals surface area contributed by atoms with E-state index in [9.17, 15) is 19.5 Å². The molecule has 1 saturated carbocycles. The number of aryl methyl sites for hydroxylation is 1. The first kappa shape index (κ1) is 15.4. The Morgan fingerprint density at radius 2 is 1.62 bits per heavy atom. The van der Waals surface area contributed by atoms with Crippen LogP contribution in [0.5, 0.6) is 0 Å². The molecule has 1 N–H and O–H groups in total. The molecule has 4 heteroatoms. The maximum atomic E-state index is 12.3. The molecule has 0 heterocycles. The Labute approximate surface area is 124 Å². The maximum Gasteiger partial charge on any atom is 0.307 e. The number of rotatable bonds is 5. The molecule has 0 amide bonds. The number of ketones is 2. The van der Waals surface area contributed by atoms with Crippen molar-refractivity contribution >= 4 is 17.5 Å². The number of carboxylic acid groups (broad SMARTS) is 1. The highest BCUT2D eigenvalue weighted by Gasteiger charge is 2.36. The van der Waals surface area contributed by atoms with Crippen molar-refractivity contribution in [2.75, 3.05) is 0 Å². The number of benzene rings is 1. The molecule has 0 aliphatic heterocycles. The van der Waals surface area contributed by atoms with E-state index in [1.165, 1.54) is 0 Å². The molecule has 2 atom stereocenters. The predicted octanol–water partition coefficient (Wildman–Crippen LogP) is 3.03. The van der Waals surface area contributed by atoms with Gasteiger partial charge in [0, 0.05) is 11.5 Å². The van der Waals surface area contributed by atoms with E-state index in [-0.39, 0.29) is 18.0 Å². The van der Waals surface area contributed by atoms with E-state index in [2.05, 4.69) is 0 Å². The second-order valence-electron chi connectivity index (χ2n) is 5.77. The monoisotopic (exact) mass is 288 g/mol. The van der Waals surface area contributed by atoms with Crippen molar-refractivity contribution in [3.8, 4) is 0 Å². The number of Topliss-reactive ketones (excluding diaryl/α,β-unsaturated/α-hetero) is 2. The lowest BCUT2D eigenvalue weighted by Gasteiger charge is -2.27. The van der Waals surface area contributed by atoms with Gasteiger partial charge in [0.1, 0.15) is 5.78 Å². The zero-order valence-electron chi connectivity index (χ0n) is 12.2. The molecule has 1 aromatic rings. The lowest BCUT2D eigenvalue weighted by Crippen LogP contribution is -2.33. The third-order valence-corrected chi connectivity index (χ3v) is 4.21. The number of hydrogen-bond acceptors (Lipinski definition) is 3. The van der Waals surface area contributed by atoms with Crippen LogP contribution in [0.1, 0.15) is 48.0 Å². The molecule has 0 unspecified atom stereocenters. The van der Waals surface area contributed by atoms with E-state index in [1.807, 2.05) is 19.1 Å². The molecule has 1 fully saturated rings. The van der Waals surface area contributed by atoms with E-state index in [4.69, 9.17) is 0 Å². The molecule has 0 bridgehead atoms. The average Bonchev–Trinajstić information content (AvgIpc) is 2.47. The van der Waals surface area contributed by atoms with Gasteiger partial charge in [0.2, 0.25) is 0 Å². The van der Waals surface area contributed by atoms with E-state index in [1.54, 1.807) is 12.1 Å². The van der Waals surface area contributed by atoms with E-state index < -0.39 is 17.8 Å². The first-order valence-corrected chi connectivity index (χ1v) is 7.34. The number of carbonyl (C=O) groups is 3. The minimum Gasteiger partial charge on any atom is -0.481 e. The Bertz CT molecular complexity index is 544. The van der Waals surface area contributed by atoms with Gasteiger partial charge in [-0.2, -0.15) is 0 Å². The van der Waals surface area contributed by atoms with Gasteiger partial charge in [-0.1, -0.05) is 42.7 Å². The fourth-order valence-corrected chi connectivity index (χ4v) is 2.94. The van der Waals surface area contributed by atoms with E-state index in [0.717, 1.165) is 18.4 Å². The van der Waals surface area contributed by atoms with Crippen molar-refractivity contribution in [1.82, 2.24) is 0 Å². The first-order valence-electron chi connectivity index (χ1n) is 7.34. The van der Waals surface area contributed by atoms with Crippen LogP contribution < -0.4 is 0 Å². The number of carboxylic acids is 1. The van der Waals surface area contributed by atoms with Crippen LogP contribution in [0, 0.1) is 18.8 Å². The van der Waals surface area contributed by atoms with E-state index >= 15 is 0 Å². The third kappa shape index (κ3) is 3.78. The van der Waals surface area contributed by atoms with Crippen molar-refractivity contribution in [1.29, 1.82) is 0 Å². The maximum absolute atomic E-state index is 12.3. The summed E-state index contributed by atoms with van der Waals surface area (Å²) >= 11 is 0. The standard InChI is InChI=1S/C17H20O4/c1-11-6-8-12(9-7-11)15(18)10-16(19)13-4-2-3-5-14(13)17(20)21/h6-9,13-14H,2-5,10H2,1H3,(H,20,21)/t13-,14+/m1/s1. The van der Waals surface area contributed by atoms with Gasteiger partial charge >= 0.3 is 5.97 Å². The number of carbonyl (C=O) groups excluding carboxylic acids is 2. The van der Waals surface area contributed by atoms with Crippen molar-refractivity contribution in [3.05, 3.63) is 35.4 Å². The molecular weight excluding hydrogens is 268 g/mol. The molecular formula is C17H20O4. The molecule has 1 aromatic carbocycles. The van der Waals surface area contributed by atoms with E-state index in [0.29, 0.717) is 18.4 Å².